The summed E-state index contributed by atoms with van der Waals surface area (Å²) in [6.45, 7) is 5.69. The molecule has 6 heteroatoms. The van der Waals surface area contributed by atoms with Gasteiger partial charge in [-0.2, -0.15) is 0 Å². The molecule has 0 saturated heterocycles. The van der Waals surface area contributed by atoms with Crippen molar-refractivity contribution in [2.24, 2.45) is 0 Å². The molecule has 3 rings (SSSR count). The molecular weight excluding hydrogens is 308 g/mol. The molecule has 2 aromatic heterocycles. The average Bonchev–Trinajstić information content (AvgIpc) is 2.83. The summed E-state index contributed by atoms with van der Waals surface area (Å²) < 4.78 is 0. The smallest absolute Gasteiger partial charge is 0.146 e. The summed E-state index contributed by atoms with van der Waals surface area (Å²) in [5.41, 5.74) is 7.38. The third-order valence-electron chi connectivity index (χ3n) is 4.93. The number of nitrogens with zero attached hydrogens (tertiary/aromatic N) is 3. The van der Waals surface area contributed by atoms with E-state index in [0.717, 1.165) is 16.0 Å². The van der Waals surface area contributed by atoms with Gasteiger partial charge in [-0.1, -0.05) is 19.3 Å². The van der Waals surface area contributed by atoms with Crippen molar-refractivity contribution in [2.45, 2.75) is 58.5 Å². The van der Waals surface area contributed by atoms with Crippen molar-refractivity contribution < 1.29 is 5.11 Å². The molecule has 2 heterocycles. The van der Waals surface area contributed by atoms with Crippen LogP contribution in [0.2, 0.25) is 0 Å². The van der Waals surface area contributed by atoms with Crippen LogP contribution in [0.25, 0.3) is 10.2 Å². The maximum atomic E-state index is 9.41. The fraction of sp³-hybridized carbons (Fsp3) is 0.647. The molecule has 23 heavy (non-hydrogen) atoms. The van der Waals surface area contributed by atoms with Crippen LogP contribution in [0.15, 0.2) is 0 Å². The minimum atomic E-state index is 0.172. The fourth-order valence-electron chi connectivity index (χ4n) is 3.54. The van der Waals surface area contributed by atoms with E-state index >= 15 is 0 Å². The Morgan fingerprint density at radius 2 is 1.96 bits per heavy atom. The first-order valence-corrected chi connectivity index (χ1v) is 9.28. The number of aliphatic hydroxyl groups is 1. The molecule has 0 unspecified atom stereocenters. The molecule has 2 aromatic rings. The third kappa shape index (κ3) is 3.49. The predicted molar refractivity (Wildman–Crippen MR) is 95.7 cm³/mol. The van der Waals surface area contributed by atoms with Crippen LogP contribution in [-0.4, -0.2) is 39.2 Å². The van der Waals surface area contributed by atoms with Gasteiger partial charge in [0.05, 0.1) is 18.5 Å². The van der Waals surface area contributed by atoms with Gasteiger partial charge in [-0.3, -0.25) is 4.90 Å². The lowest BCUT2D eigenvalue weighted by Gasteiger charge is -2.33. The minimum absolute atomic E-state index is 0.172. The Balaban J connectivity index is 1.86. The summed E-state index contributed by atoms with van der Waals surface area (Å²) >= 11 is 1.68. The predicted octanol–water partition coefficient (Wildman–Crippen LogP) is 3.02. The molecule has 5 nitrogen and oxygen atoms in total. The van der Waals surface area contributed by atoms with E-state index in [-0.39, 0.29) is 6.61 Å². The summed E-state index contributed by atoms with van der Waals surface area (Å²) in [7, 11) is 0. The number of aliphatic hydroxyl groups excluding tert-OH is 1. The fourth-order valence-corrected chi connectivity index (χ4v) is 4.60. The zero-order valence-corrected chi connectivity index (χ0v) is 14.8. The largest absolute Gasteiger partial charge is 0.395 e. The zero-order valence-electron chi connectivity index (χ0n) is 14.0. The molecule has 1 fully saturated rings. The van der Waals surface area contributed by atoms with Gasteiger partial charge in [0.25, 0.3) is 0 Å². The average molecular weight is 334 g/mol. The molecule has 126 valence electrons. The van der Waals surface area contributed by atoms with E-state index in [1.807, 2.05) is 0 Å². The van der Waals surface area contributed by atoms with Crippen molar-refractivity contribution in [1.82, 2.24) is 14.9 Å². The van der Waals surface area contributed by atoms with Gasteiger partial charge in [0.2, 0.25) is 0 Å². The highest BCUT2D eigenvalue weighted by Crippen LogP contribution is 2.32. The Kier molecular flexibility index (Phi) is 5.14. The SMILES string of the molecule is Cc1sc2nc(CN(CCO)C3CCCCC3)nc(N)c2c1C. The van der Waals surface area contributed by atoms with Gasteiger partial charge in [0, 0.05) is 17.5 Å². The molecule has 1 aliphatic rings. The van der Waals surface area contributed by atoms with Gasteiger partial charge >= 0.3 is 0 Å². The second-order valence-corrected chi connectivity index (χ2v) is 7.68. The van der Waals surface area contributed by atoms with Gasteiger partial charge in [0.15, 0.2) is 0 Å². The van der Waals surface area contributed by atoms with E-state index in [1.54, 1.807) is 11.3 Å². The topological polar surface area (TPSA) is 75.3 Å². The first-order valence-electron chi connectivity index (χ1n) is 8.47. The standard InChI is InChI=1S/C17H26N4OS/c1-11-12(2)23-17-15(11)16(18)19-14(20-17)10-21(8-9-22)13-6-4-3-5-7-13/h13,22H,3-10H2,1-2H3,(H2,18,19,20). The molecule has 0 amide bonds. The van der Waals surface area contributed by atoms with E-state index in [9.17, 15) is 5.11 Å². The Hall–Kier alpha value is -1.24. The van der Waals surface area contributed by atoms with Crippen molar-refractivity contribution in [3.05, 3.63) is 16.3 Å². The van der Waals surface area contributed by atoms with Gasteiger partial charge in [-0.15, -0.1) is 11.3 Å². The lowest BCUT2D eigenvalue weighted by Crippen LogP contribution is -2.38. The highest BCUT2D eigenvalue weighted by Gasteiger charge is 2.22. The molecule has 1 saturated carbocycles. The van der Waals surface area contributed by atoms with Crippen LogP contribution >= 0.6 is 11.3 Å². The highest BCUT2D eigenvalue weighted by atomic mass is 32.1. The highest BCUT2D eigenvalue weighted by molar-refractivity contribution is 7.18. The molecule has 0 radical (unpaired) electrons. The van der Waals surface area contributed by atoms with Crippen LogP contribution in [-0.2, 0) is 6.54 Å². The number of hydrogen-bond donors (Lipinski definition) is 2. The Morgan fingerprint density at radius 3 is 2.65 bits per heavy atom. The first-order chi connectivity index (χ1) is 11.1. The first kappa shape index (κ1) is 16.6. The number of nitrogen functional groups attached to an aromatic ring is 1. The number of thiophene rings is 1. The molecule has 0 aliphatic heterocycles. The second kappa shape index (κ2) is 7.11. The van der Waals surface area contributed by atoms with Gasteiger partial charge < -0.3 is 10.8 Å². The monoisotopic (exact) mass is 334 g/mol. The van der Waals surface area contributed by atoms with Crippen LogP contribution < -0.4 is 5.73 Å². The summed E-state index contributed by atoms with van der Waals surface area (Å²) in [6, 6.07) is 0.531. The van der Waals surface area contributed by atoms with E-state index in [2.05, 4.69) is 23.7 Å². The molecule has 0 aromatic carbocycles. The van der Waals surface area contributed by atoms with E-state index in [0.29, 0.717) is 24.9 Å². The second-order valence-electron chi connectivity index (χ2n) is 6.47. The van der Waals surface area contributed by atoms with E-state index in [4.69, 9.17) is 10.7 Å². The maximum Gasteiger partial charge on any atom is 0.146 e. The van der Waals surface area contributed by atoms with Crippen molar-refractivity contribution in [3.8, 4) is 0 Å². The lowest BCUT2D eigenvalue weighted by molar-refractivity contribution is 0.114. The van der Waals surface area contributed by atoms with Gasteiger partial charge in [0.1, 0.15) is 16.5 Å². The summed E-state index contributed by atoms with van der Waals surface area (Å²) in [5.74, 6) is 1.36. The Labute approximate surface area is 141 Å². The summed E-state index contributed by atoms with van der Waals surface area (Å²) in [5, 5.41) is 10.4. The lowest BCUT2D eigenvalue weighted by atomic mass is 9.94. The molecule has 1 aliphatic carbocycles. The molecule has 0 bridgehead atoms. The van der Waals surface area contributed by atoms with Gasteiger partial charge in [-0.25, -0.2) is 9.97 Å². The normalized spacial score (nSPS) is 16.5. The van der Waals surface area contributed by atoms with Crippen molar-refractivity contribution in [1.29, 1.82) is 0 Å². The van der Waals surface area contributed by atoms with Crippen LogP contribution in [0, 0.1) is 13.8 Å². The van der Waals surface area contributed by atoms with E-state index < -0.39 is 0 Å². The van der Waals surface area contributed by atoms with Gasteiger partial charge in [-0.05, 0) is 32.3 Å². The number of anilines is 1. The zero-order chi connectivity index (χ0) is 16.4. The van der Waals surface area contributed by atoms with Crippen LogP contribution in [0.3, 0.4) is 0 Å². The maximum absolute atomic E-state index is 9.41. The number of nitrogens with two attached hydrogens (primary N) is 1. The van der Waals surface area contributed by atoms with E-state index in [1.165, 1.54) is 42.5 Å². The molecule has 0 spiro atoms. The molecular formula is C17H26N4OS. The van der Waals surface area contributed by atoms with Crippen molar-refractivity contribution >= 4 is 27.4 Å². The Morgan fingerprint density at radius 1 is 1.22 bits per heavy atom. The third-order valence-corrected chi connectivity index (χ3v) is 6.03. The van der Waals surface area contributed by atoms with Crippen molar-refractivity contribution in [3.63, 3.8) is 0 Å². The molecule has 3 N–H and O–H groups in total. The quantitative estimate of drug-likeness (QED) is 0.879. The number of fused-ring (bicyclic) bond motifs is 1. The van der Waals surface area contributed by atoms with Crippen LogP contribution in [0.1, 0.15) is 48.4 Å². The van der Waals surface area contributed by atoms with Crippen LogP contribution in [0.5, 0.6) is 0 Å². The van der Waals surface area contributed by atoms with Crippen LogP contribution in [0.4, 0.5) is 5.82 Å². The number of aryl methyl sites for hydroxylation is 2. The number of rotatable bonds is 5. The summed E-state index contributed by atoms with van der Waals surface area (Å²) in [4.78, 5) is 13.8. The minimum Gasteiger partial charge on any atom is -0.395 e. The Bertz CT molecular complexity index is 679. The number of hydrogen-bond acceptors (Lipinski definition) is 6. The summed E-state index contributed by atoms with van der Waals surface area (Å²) in [6.07, 6.45) is 6.28. The molecule has 0 atom stereocenters. The van der Waals surface area contributed by atoms with Crippen molar-refractivity contribution in [2.75, 3.05) is 18.9 Å². The number of aromatic nitrogens is 2.